The van der Waals surface area contributed by atoms with Crippen LogP contribution in [0.5, 0.6) is 0 Å². The fourth-order valence-corrected chi connectivity index (χ4v) is 6.91. The molecule has 0 spiro atoms. The highest BCUT2D eigenvalue weighted by Crippen LogP contribution is 2.48. The Kier molecular flexibility index (Phi) is 8.57. The average Bonchev–Trinajstić information content (AvgIpc) is 3.33. The number of aliphatic carboxylic acids is 1. The lowest BCUT2D eigenvalue weighted by Crippen LogP contribution is -2.29. The minimum atomic E-state index is -4.61. The molecule has 14 heteroatoms. The molecule has 1 N–H and O–H groups in total. The van der Waals surface area contributed by atoms with E-state index in [1.807, 2.05) is 40.8 Å². The zero-order valence-electron chi connectivity index (χ0n) is 18.9. The van der Waals surface area contributed by atoms with Crippen molar-refractivity contribution < 1.29 is 42.1 Å². The summed E-state index contributed by atoms with van der Waals surface area (Å²) in [5.74, 6) is -0.839. The highest BCUT2D eigenvalue weighted by Gasteiger charge is 2.28. The van der Waals surface area contributed by atoms with Crippen LogP contribution in [0.15, 0.2) is 56.1 Å². The second-order valence-corrected chi connectivity index (χ2v) is 12.2. The molecule has 3 aromatic rings. The van der Waals surface area contributed by atoms with E-state index >= 15 is 0 Å². The van der Waals surface area contributed by atoms with Gasteiger partial charge in [-0.25, -0.2) is 8.42 Å². The quantitative estimate of drug-likeness (QED) is 0.0906. The molecular formula is C22H21N2O8S4-. The molecule has 0 amide bonds. The highest BCUT2D eigenvalue weighted by atomic mass is 32.2. The molecule has 0 unspecified atom stereocenters. The first-order valence-corrected chi connectivity index (χ1v) is 14.5. The van der Waals surface area contributed by atoms with Crippen molar-refractivity contribution in [1.82, 2.24) is 0 Å². The number of rotatable bonds is 11. The zero-order valence-corrected chi connectivity index (χ0v) is 22.2. The van der Waals surface area contributed by atoms with Crippen molar-refractivity contribution in [3.05, 3.63) is 46.4 Å². The lowest BCUT2D eigenvalue weighted by Gasteiger charge is -2.21. The number of carboxylic acids is 1. The summed E-state index contributed by atoms with van der Waals surface area (Å²) in [6.07, 6.45) is 4.03. The largest absolute Gasteiger partial charge is 0.744 e. The van der Waals surface area contributed by atoms with Gasteiger partial charge in [-0.1, -0.05) is 29.5 Å². The van der Waals surface area contributed by atoms with E-state index in [0.717, 1.165) is 37.2 Å². The molecule has 36 heavy (non-hydrogen) atoms. The molecule has 2 heterocycles. The fourth-order valence-electron chi connectivity index (χ4n) is 3.78. The summed E-state index contributed by atoms with van der Waals surface area (Å²) in [6.45, 7) is 0.537. The number of carbonyl (C=O) groups is 1. The number of hydrogen-bond donors (Lipinski definition) is 1. The summed E-state index contributed by atoms with van der Waals surface area (Å²) in [7, 11) is -2.70. The van der Waals surface area contributed by atoms with Gasteiger partial charge < -0.3 is 19.8 Å². The van der Waals surface area contributed by atoms with Gasteiger partial charge in [-0.05, 0) is 43.2 Å². The van der Waals surface area contributed by atoms with Gasteiger partial charge in [0.1, 0.15) is 21.9 Å². The number of thioether (sulfide) groups is 1. The number of carboxylic acid groups (broad SMARTS) is 1. The Morgan fingerprint density at radius 3 is 2.75 bits per heavy atom. The molecule has 0 atom stereocenters. The van der Waals surface area contributed by atoms with E-state index in [9.17, 15) is 23.0 Å². The van der Waals surface area contributed by atoms with Crippen LogP contribution >= 0.6 is 35.1 Å². The van der Waals surface area contributed by atoms with Gasteiger partial charge in [0.2, 0.25) is 5.52 Å². The van der Waals surface area contributed by atoms with Crippen molar-refractivity contribution >= 4 is 73.2 Å². The Morgan fingerprint density at radius 1 is 1.22 bits per heavy atom. The van der Waals surface area contributed by atoms with Crippen LogP contribution in [-0.4, -0.2) is 30.6 Å². The van der Waals surface area contributed by atoms with E-state index in [4.69, 9.17) is 5.11 Å². The van der Waals surface area contributed by atoms with Gasteiger partial charge in [0.05, 0.1) is 33.7 Å². The number of aryl methyl sites for hydroxylation is 1. The molecular weight excluding hydrogens is 549 g/mol. The normalized spacial score (nSPS) is 14.6. The Hall–Kier alpha value is -2.17. The second-order valence-electron chi connectivity index (χ2n) is 7.87. The Labute approximate surface area is 220 Å². The first-order valence-electron chi connectivity index (χ1n) is 10.7. The molecule has 192 valence electrons. The summed E-state index contributed by atoms with van der Waals surface area (Å²) in [4.78, 5) is 14.0. The number of hydrogen-bond acceptors (Lipinski definition) is 11. The lowest BCUT2D eigenvalue weighted by molar-refractivity contribution is -0.777. The van der Waals surface area contributed by atoms with Crippen LogP contribution in [0.25, 0.3) is 16.3 Å². The van der Waals surface area contributed by atoms with Crippen LogP contribution in [0.4, 0.5) is 5.69 Å². The van der Waals surface area contributed by atoms with Crippen LogP contribution in [0.1, 0.15) is 30.7 Å². The van der Waals surface area contributed by atoms with E-state index in [0.29, 0.717) is 36.4 Å². The SMILES string of the molecule is C[n+]1c(C=C2Sc3ccc(S(=O)(=O)[O-])cc3N2CCCCCC(=O)O)sc2ccc(SOO[O-])cc21. The lowest BCUT2D eigenvalue weighted by atomic mass is 10.2. The minimum Gasteiger partial charge on any atom is -0.744 e. The molecule has 1 aromatic heterocycles. The van der Waals surface area contributed by atoms with E-state index < -0.39 is 16.1 Å². The molecule has 0 saturated heterocycles. The van der Waals surface area contributed by atoms with Crippen molar-refractivity contribution in [3.63, 3.8) is 0 Å². The fraction of sp³-hybridized carbons (Fsp3) is 0.273. The average molecular weight is 570 g/mol. The van der Waals surface area contributed by atoms with E-state index in [1.165, 1.54) is 23.9 Å². The third-order valence-corrected chi connectivity index (χ3v) is 9.18. The number of benzene rings is 2. The van der Waals surface area contributed by atoms with E-state index in [1.54, 1.807) is 17.4 Å². The number of unbranched alkanes of at least 4 members (excludes halogenated alkanes) is 2. The van der Waals surface area contributed by atoms with Crippen molar-refractivity contribution in [2.45, 2.75) is 40.4 Å². The molecule has 0 fully saturated rings. The topological polar surface area (TPSA) is 143 Å². The van der Waals surface area contributed by atoms with E-state index in [2.05, 4.69) is 9.37 Å². The van der Waals surface area contributed by atoms with E-state index in [-0.39, 0.29) is 11.3 Å². The van der Waals surface area contributed by atoms with Gasteiger partial charge in [-0.15, -0.1) is 0 Å². The van der Waals surface area contributed by atoms with Crippen molar-refractivity contribution in [1.29, 1.82) is 0 Å². The van der Waals surface area contributed by atoms with Crippen molar-refractivity contribution in [3.8, 4) is 0 Å². The molecule has 2 aromatic carbocycles. The maximum Gasteiger partial charge on any atom is 0.303 e. The maximum atomic E-state index is 11.6. The predicted molar refractivity (Wildman–Crippen MR) is 133 cm³/mol. The number of nitrogens with zero attached hydrogens (tertiary/aromatic N) is 2. The van der Waals surface area contributed by atoms with Crippen LogP contribution in [-0.2, 0) is 31.3 Å². The highest BCUT2D eigenvalue weighted by molar-refractivity contribution is 8.04. The zero-order chi connectivity index (χ0) is 25.9. The van der Waals surface area contributed by atoms with Gasteiger partial charge in [-0.3, -0.25) is 9.83 Å². The first-order chi connectivity index (χ1) is 17.2. The number of anilines is 1. The van der Waals surface area contributed by atoms with Crippen LogP contribution in [0.2, 0.25) is 0 Å². The molecule has 0 aliphatic carbocycles. The molecule has 0 radical (unpaired) electrons. The third kappa shape index (κ3) is 6.20. The third-order valence-electron chi connectivity index (χ3n) is 5.50. The molecule has 1 aliphatic heterocycles. The van der Waals surface area contributed by atoms with Gasteiger partial charge in [0.25, 0.3) is 5.01 Å². The van der Waals surface area contributed by atoms with Gasteiger partial charge >= 0.3 is 5.97 Å². The van der Waals surface area contributed by atoms with Crippen LogP contribution < -0.4 is 14.7 Å². The van der Waals surface area contributed by atoms with Crippen LogP contribution in [0.3, 0.4) is 0 Å². The smallest absolute Gasteiger partial charge is 0.303 e. The summed E-state index contributed by atoms with van der Waals surface area (Å²) in [5, 5.41) is 24.2. The predicted octanol–water partition coefficient (Wildman–Crippen LogP) is 3.42. The Bertz CT molecular complexity index is 1420. The van der Waals surface area contributed by atoms with Crippen molar-refractivity contribution in [2.24, 2.45) is 7.05 Å². The number of fused-ring (bicyclic) bond motifs is 2. The number of thiazole rings is 1. The van der Waals surface area contributed by atoms with Crippen molar-refractivity contribution in [2.75, 3.05) is 11.4 Å². The second kappa shape index (κ2) is 11.5. The summed E-state index contributed by atoms with van der Waals surface area (Å²) in [5.41, 5.74) is 1.56. The van der Waals surface area contributed by atoms with Gasteiger partial charge in [0, 0.05) is 28.8 Å². The summed E-state index contributed by atoms with van der Waals surface area (Å²) < 4.78 is 42.3. The molecule has 1 aliphatic rings. The summed E-state index contributed by atoms with van der Waals surface area (Å²) in [6, 6.07) is 9.95. The van der Waals surface area contributed by atoms with Gasteiger partial charge in [-0.2, -0.15) is 8.90 Å². The first kappa shape index (κ1) is 26.9. The standard InChI is InChI=1S/C22H22N2O8S4/c1-23-16-11-14(35-32-31-27)6-8-18(16)33-20(23)13-21-24(10-4-2-3-5-22(25)26)17-12-15(36(28,29)30)7-9-19(17)34-21/h6-9,11-13H,2-5,10H2,1H3,(H2-,25,26,27,28,29,30)/p-1. The Balaban J connectivity index is 1.66. The Morgan fingerprint density at radius 2 is 2.03 bits per heavy atom. The van der Waals surface area contributed by atoms with Gasteiger partial charge in [0.15, 0.2) is 0 Å². The maximum absolute atomic E-state index is 11.6. The van der Waals surface area contributed by atoms with Crippen LogP contribution in [0, 0.1) is 0 Å². The molecule has 10 nitrogen and oxygen atoms in total. The molecule has 4 rings (SSSR count). The molecule has 0 saturated carbocycles. The monoisotopic (exact) mass is 569 g/mol. The molecule has 0 bridgehead atoms. The summed E-state index contributed by atoms with van der Waals surface area (Å²) >= 11 is 3.85. The number of aromatic nitrogens is 1. The minimum absolute atomic E-state index is 0.0937.